The number of hydrogen-bond donors (Lipinski definition) is 2. The van der Waals surface area contributed by atoms with Gasteiger partial charge in [-0.2, -0.15) is 13.2 Å². The van der Waals surface area contributed by atoms with Crippen LogP contribution in [-0.2, 0) is 6.54 Å². The summed E-state index contributed by atoms with van der Waals surface area (Å²) in [5.41, 5.74) is 1.60. The second-order valence-electron chi connectivity index (χ2n) is 6.46. The van der Waals surface area contributed by atoms with E-state index in [0.29, 0.717) is 37.6 Å². The van der Waals surface area contributed by atoms with Crippen LogP contribution in [-0.4, -0.2) is 75.7 Å². The van der Waals surface area contributed by atoms with E-state index in [1.54, 1.807) is 33.3 Å². The van der Waals surface area contributed by atoms with Gasteiger partial charge >= 0.3 is 6.18 Å². The smallest absolute Gasteiger partial charge is 0.356 e. The maximum absolute atomic E-state index is 12.3. The summed E-state index contributed by atoms with van der Waals surface area (Å²) >= 11 is 0. The van der Waals surface area contributed by atoms with E-state index in [1.807, 2.05) is 12.1 Å². The van der Waals surface area contributed by atoms with Gasteiger partial charge in [-0.05, 0) is 37.7 Å². The van der Waals surface area contributed by atoms with Crippen molar-refractivity contribution in [3.8, 4) is 0 Å². The molecule has 1 amide bonds. The number of aliphatic imine (C=N–C) groups is 1. The number of benzene rings is 1. The molecule has 0 heterocycles. The number of amides is 1. The van der Waals surface area contributed by atoms with Crippen LogP contribution in [0.15, 0.2) is 29.3 Å². The van der Waals surface area contributed by atoms with E-state index >= 15 is 0 Å². The van der Waals surface area contributed by atoms with Crippen LogP contribution in [0.5, 0.6) is 0 Å². The maximum atomic E-state index is 12.3. The molecule has 6 nitrogen and oxygen atoms in total. The van der Waals surface area contributed by atoms with Crippen LogP contribution in [0.25, 0.3) is 0 Å². The first-order valence-corrected chi connectivity index (χ1v) is 8.63. The molecule has 0 fully saturated rings. The number of nitrogens with one attached hydrogen (secondary N) is 2. The highest BCUT2D eigenvalue weighted by Gasteiger charge is 2.28. The van der Waals surface area contributed by atoms with E-state index in [4.69, 9.17) is 0 Å². The largest absolute Gasteiger partial charge is 0.401 e. The van der Waals surface area contributed by atoms with Gasteiger partial charge in [-0.25, -0.2) is 0 Å². The highest BCUT2D eigenvalue weighted by Crippen LogP contribution is 2.15. The molecule has 0 aliphatic rings. The summed E-state index contributed by atoms with van der Waals surface area (Å²) in [6.07, 6.45) is -3.61. The number of carbonyl (C=O) groups is 1. The monoisotopic (exact) mass is 515 g/mol. The third-order valence-electron chi connectivity index (χ3n) is 3.75. The molecule has 10 heteroatoms. The average Bonchev–Trinajstić information content (AvgIpc) is 2.59. The lowest BCUT2D eigenvalue weighted by atomic mass is 10.1. The van der Waals surface area contributed by atoms with Crippen molar-refractivity contribution in [2.45, 2.75) is 19.1 Å². The SMILES string of the molecule is CN=C(NCCCN(C)CC(F)(F)F)NCc1ccc(C(=O)N(C)C)cc1.I. The van der Waals surface area contributed by atoms with E-state index in [9.17, 15) is 18.0 Å². The Morgan fingerprint density at radius 2 is 1.71 bits per heavy atom. The number of guanidine groups is 1. The molecule has 0 radical (unpaired) electrons. The van der Waals surface area contributed by atoms with Crippen LogP contribution in [0.3, 0.4) is 0 Å². The number of carbonyl (C=O) groups excluding carboxylic acids is 1. The minimum absolute atomic E-state index is 0. The third kappa shape index (κ3) is 10.7. The summed E-state index contributed by atoms with van der Waals surface area (Å²) in [6, 6.07) is 7.27. The highest BCUT2D eigenvalue weighted by molar-refractivity contribution is 14.0. The lowest BCUT2D eigenvalue weighted by molar-refractivity contribution is -0.143. The highest BCUT2D eigenvalue weighted by atomic mass is 127. The summed E-state index contributed by atoms with van der Waals surface area (Å²) in [5, 5.41) is 6.21. The number of alkyl halides is 3. The lowest BCUT2D eigenvalue weighted by Crippen LogP contribution is -2.39. The number of hydrogen-bond acceptors (Lipinski definition) is 3. The van der Waals surface area contributed by atoms with Gasteiger partial charge in [-0.3, -0.25) is 14.7 Å². The second kappa shape index (κ2) is 12.8. The Labute approximate surface area is 181 Å². The van der Waals surface area contributed by atoms with Crippen molar-refractivity contribution in [1.82, 2.24) is 20.4 Å². The van der Waals surface area contributed by atoms with Gasteiger partial charge in [0.05, 0.1) is 6.54 Å². The standard InChI is InChI=1S/C18H28F3N5O.HI/c1-22-17(23-10-5-11-26(4)13-18(19,20)21)24-12-14-6-8-15(9-7-14)16(27)25(2)3;/h6-9H,5,10-13H2,1-4H3,(H2,22,23,24);1H. The molecule has 1 aromatic rings. The van der Waals surface area contributed by atoms with Crippen molar-refractivity contribution in [3.05, 3.63) is 35.4 Å². The second-order valence-corrected chi connectivity index (χ2v) is 6.46. The molecule has 0 aliphatic carbocycles. The number of rotatable bonds is 8. The van der Waals surface area contributed by atoms with Crippen molar-refractivity contribution in [2.24, 2.45) is 4.99 Å². The first-order chi connectivity index (χ1) is 12.6. The molecule has 0 aromatic heterocycles. The molecular weight excluding hydrogens is 486 g/mol. The van der Waals surface area contributed by atoms with Gasteiger partial charge < -0.3 is 15.5 Å². The van der Waals surface area contributed by atoms with Crippen molar-refractivity contribution >= 4 is 35.8 Å². The first kappa shape index (κ1) is 26.4. The van der Waals surface area contributed by atoms with Crippen LogP contribution < -0.4 is 10.6 Å². The molecule has 1 rings (SSSR count). The predicted molar refractivity (Wildman–Crippen MR) is 116 cm³/mol. The van der Waals surface area contributed by atoms with Crippen LogP contribution in [0.2, 0.25) is 0 Å². The Morgan fingerprint density at radius 3 is 2.21 bits per heavy atom. The normalized spacial score (nSPS) is 11.8. The fraction of sp³-hybridized carbons (Fsp3) is 0.556. The Balaban J connectivity index is 0.00000729. The zero-order chi connectivity index (χ0) is 20.4. The van der Waals surface area contributed by atoms with E-state index in [-0.39, 0.29) is 29.9 Å². The number of nitrogens with zero attached hydrogens (tertiary/aromatic N) is 3. The Bertz CT molecular complexity index is 621. The summed E-state index contributed by atoms with van der Waals surface area (Å²) in [7, 11) is 6.48. The van der Waals surface area contributed by atoms with Crippen LogP contribution in [0, 0.1) is 0 Å². The van der Waals surface area contributed by atoms with Crippen molar-refractivity contribution in [3.63, 3.8) is 0 Å². The minimum atomic E-state index is -4.17. The molecule has 1 aromatic carbocycles. The van der Waals surface area contributed by atoms with E-state index in [1.165, 1.54) is 16.8 Å². The topological polar surface area (TPSA) is 60.0 Å². The molecule has 160 valence electrons. The van der Waals surface area contributed by atoms with Crippen molar-refractivity contribution in [1.29, 1.82) is 0 Å². The Morgan fingerprint density at radius 1 is 1.11 bits per heavy atom. The minimum Gasteiger partial charge on any atom is -0.356 e. The van der Waals surface area contributed by atoms with Gasteiger partial charge in [0, 0.05) is 39.8 Å². The molecule has 28 heavy (non-hydrogen) atoms. The van der Waals surface area contributed by atoms with Gasteiger partial charge in [-0.1, -0.05) is 12.1 Å². The molecule has 0 aliphatic heterocycles. The molecule has 2 N–H and O–H groups in total. The van der Waals surface area contributed by atoms with Crippen molar-refractivity contribution < 1.29 is 18.0 Å². The summed E-state index contributed by atoms with van der Waals surface area (Å²) in [4.78, 5) is 18.7. The van der Waals surface area contributed by atoms with E-state index in [2.05, 4.69) is 15.6 Å². The molecule has 0 saturated heterocycles. The fourth-order valence-corrected chi connectivity index (χ4v) is 2.37. The van der Waals surface area contributed by atoms with Crippen molar-refractivity contribution in [2.75, 3.05) is 47.8 Å². The summed E-state index contributed by atoms with van der Waals surface area (Å²) in [6.45, 7) is 0.458. The Hall–Kier alpha value is -1.56. The van der Waals surface area contributed by atoms with Gasteiger partial charge in [-0.15, -0.1) is 24.0 Å². The zero-order valence-electron chi connectivity index (χ0n) is 16.6. The molecular formula is C18H29F3IN5O. The third-order valence-corrected chi connectivity index (χ3v) is 3.75. The zero-order valence-corrected chi connectivity index (χ0v) is 19.0. The van der Waals surface area contributed by atoms with E-state index < -0.39 is 12.7 Å². The molecule has 0 unspecified atom stereocenters. The van der Waals surface area contributed by atoms with Crippen LogP contribution in [0.4, 0.5) is 13.2 Å². The van der Waals surface area contributed by atoms with Gasteiger partial charge in [0.1, 0.15) is 0 Å². The molecule has 0 bridgehead atoms. The van der Waals surface area contributed by atoms with Crippen LogP contribution in [0.1, 0.15) is 22.3 Å². The number of halogens is 4. The Kier molecular flexibility index (Phi) is 12.1. The quantitative estimate of drug-likeness (QED) is 0.242. The van der Waals surface area contributed by atoms with Gasteiger partial charge in [0.25, 0.3) is 5.91 Å². The average molecular weight is 515 g/mol. The van der Waals surface area contributed by atoms with E-state index in [0.717, 1.165) is 5.56 Å². The molecule has 0 spiro atoms. The van der Waals surface area contributed by atoms with Gasteiger partial charge in [0.15, 0.2) is 5.96 Å². The molecule has 0 atom stereocenters. The summed E-state index contributed by atoms with van der Waals surface area (Å²) in [5.74, 6) is 0.518. The van der Waals surface area contributed by atoms with Crippen LogP contribution >= 0.6 is 24.0 Å². The first-order valence-electron chi connectivity index (χ1n) is 8.63. The summed E-state index contributed by atoms with van der Waals surface area (Å²) < 4.78 is 36.8. The predicted octanol–water partition coefficient (Wildman–Crippen LogP) is 2.56. The lowest BCUT2D eigenvalue weighted by Gasteiger charge is -2.19. The fourth-order valence-electron chi connectivity index (χ4n) is 2.37. The maximum Gasteiger partial charge on any atom is 0.401 e. The van der Waals surface area contributed by atoms with Gasteiger partial charge in [0.2, 0.25) is 0 Å². The molecule has 0 saturated carbocycles.